The summed E-state index contributed by atoms with van der Waals surface area (Å²) in [6, 6.07) is 9.02. The van der Waals surface area contributed by atoms with Crippen LogP contribution in [0.25, 0.3) is 28.2 Å². The van der Waals surface area contributed by atoms with E-state index < -0.39 is 5.92 Å². The van der Waals surface area contributed by atoms with Crippen LogP contribution in [0.3, 0.4) is 0 Å². The molecule has 1 aliphatic heterocycles. The molecule has 0 atom stereocenters. The third kappa shape index (κ3) is 3.27. The number of hydrogen-bond acceptors (Lipinski definition) is 6. The van der Waals surface area contributed by atoms with Gasteiger partial charge in [0.05, 0.1) is 11.3 Å². The van der Waals surface area contributed by atoms with E-state index in [1.165, 1.54) is 17.4 Å². The summed E-state index contributed by atoms with van der Waals surface area (Å²) in [6.45, 7) is 0.0438. The molecule has 152 valence electrons. The van der Waals surface area contributed by atoms with Crippen LogP contribution in [0.2, 0.25) is 0 Å². The van der Waals surface area contributed by atoms with Crippen molar-refractivity contribution in [2.45, 2.75) is 18.8 Å². The number of benzene rings is 1. The van der Waals surface area contributed by atoms with Crippen LogP contribution in [-0.2, 0) is 0 Å². The fourth-order valence-corrected chi connectivity index (χ4v) is 3.43. The molecule has 1 N–H and O–H groups in total. The molecule has 0 saturated carbocycles. The Morgan fingerprint density at radius 3 is 2.57 bits per heavy atom. The van der Waals surface area contributed by atoms with E-state index in [1.807, 2.05) is 24.3 Å². The van der Waals surface area contributed by atoms with Crippen LogP contribution in [0, 0.1) is 0 Å². The van der Waals surface area contributed by atoms with E-state index in [0.29, 0.717) is 22.6 Å². The SMILES string of the molecule is O=C(c1cnc2c(c1)nnn2-c1ccc(-c2ncn[nH]2)cc1)N1CCC(F)(F)CC1. The molecule has 0 aliphatic carbocycles. The predicted molar refractivity (Wildman–Crippen MR) is 102 cm³/mol. The van der Waals surface area contributed by atoms with E-state index in [0.717, 1.165) is 11.3 Å². The zero-order valence-corrected chi connectivity index (χ0v) is 15.7. The standard InChI is InChI=1S/C19H16F2N8O/c20-19(21)5-7-28(8-6-19)18(30)13-9-15-17(22-10-13)29(27-25-15)14-3-1-12(2-4-14)16-23-11-24-26-16/h1-4,9-11H,5-8H2,(H,23,24,26). The van der Waals surface area contributed by atoms with E-state index >= 15 is 0 Å². The van der Waals surface area contributed by atoms with Crippen molar-refractivity contribution in [3.63, 3.8) is 0 Å². The van der Waals surface area contributed by atoms with Gasteiger partial charge >= 0.3 is 0 Å². The van der Waals surface area contributed by atoms with E-state index in [4.69, 9.17) is 0 Å². The highest BCUT2D eigenvalue weighted by molar-refractivity contribution is 5.96. The Hall–Kier alpha value is -3.76. The maximum atomic E-state index is 13.3. The summed E-state index contributed by atoms with van der Waals surface area (Å²) in [7, 11) is 0. The normalized spacial score (nSPS) is 16.1. The van der Waals surface area contributed by atoms with Crippen LogP contribution in [0.1, 0.15) is 23.2 Å². The van der Waals surface area contributed by atoms with Crippen molar-refractivity contribution in [1.82, 2.24) is 40.1 Å². The monoisotopic (exact) mass is 410 g/mol. The van der Waals surface area contributed by atoms with Gasteiger partial charge in [-0.3, -0.25) is 9.89 Å². The number of aromatic amines is 1. The summed E-state index contributed by atoms with van der Waals surface area (Å²) in [5, 5.41) is 14.9. The van der Waals surface area contributed by atoms with Gasteiger partial charge in [0, 0.05) is 37.7 Å². The quantitative estimate of drug-likeness (QED) is 0.556. The first kappa shape index (κ1) is 18.3. The van der Waals surface area contributed by atoms with Gasteiger partial charge in [0.15, 0.2) is 11.5 Å². The number of pyridine rings is 1. The number of nitrogens with one attached hydrogen (secondary N) is 1. The fraction of sp³-hybridized carbons (Fsp3) is 0.263. The van der Waals surface area contributed by atoms with Gasteiger partial charge in [0.1, 0.15) is 11.8 Å². The number of rotatable bonds is 3. The Morgan fingerprint density at radius 1 is 1.10 bits per heavy atom. The minimum absolute atomic E-state index is 0.0219. The minimum atomic E-state index is -2.70. The van der Waals surface area contributed by atoms with Gasteiger partial charge < -0.3 is 4.90 Å². The van der Waals surface area contributed by atoms with Gasteiger partial charge in [0.25, 0.3) is 11.8 Å². The van der Waals surface area contributed by atoms with Crippen LogP contribution in [0.15, 0.2) is 42.9 Å². The lowest BCUT2D eigenvalue weighted by atomic mass is 10.1. The lowest BCUT2D eigenvalue weighted by molar-refractivity contribution is -0.0494. The largest absolute Gasteiger partial charge is 0.338 e. The first-order valence-electron chi connectivity index (χ1n) is 9.35. The molecular weight excluding hydrogens is 394 g/mol. The summed E-state index contributed by atoms with van der Waals surface area (Å²) in [6.07, 6.45) is 2.22. The smallest absolute Gasteiger partial charge is 0.255 e. The van der Waals surface area contributed by atoms with Gasteiger partial charge in [-0.25, -0.2) is 18.7 Å². The van der Waals surface area contributed by atoms with Gasteiger partial charge in [-0.2, -0.15) is 9.78 Å². The summed E-state index contributed by atoms with van der Waals surface area (Å²) in [4.78, 5) is 22.5. The molecule has 0 spiro atoms. The Morgan fingerprint density at radius 2 is 1.87 bits per heavy atom. The van der Waals surface area contributed by atoms with Crippen molar-refractivity contribution < 1.29 is 13.6 Å². The molecule has 3 aromatic heterocycles. The molecule has 1 aromatic carbocycles. The number of likely N-dealkylation sites (tertiary alicyclic amines) is 1. The highest BCUT2D eigenvalue weighted by atomic mass is 19.3. The minimum Gasteiger partial charge on any atom is -0.338 e. The van der Waals surface area contributed by atoms with E-state index in [1.54, 1.807) is 10.7 Å². The molecule has 9 nitrogen and oxygen atoms in total. The second-order valence-electron chi connectivity index (χ2n) is 7.10. The maximum absolute atomic E-state index is 13.3. The molecule has 11 heteroatoms. The van der Waals surface area contributed by atoms with Crippen molar-refractivity contribution in [3.05, 3.63) is 48.4 Å². The number of nitrogens with zero attached hydrogens (tertiary/aromatic N) is 7. The van der Waals surface area contributed by atoms with Crippen LogP contribution in [0.5, 0.6) is 0 Å². The first-order chi connectivity index (χ1) is 14.5. The Balaban J connectivity index is 1.39. The van der Waals surface area contributed by atoms with E-state index in [-0.39, 0.29) is 31.8 Å². The zero-order chi connectivity index (χ0) is 20.7. The number of hydrogen-bond donors (Lipinski definition) is 1. The van der Waals surface area contributed by atoms with Gasteiger partial charge in [-0.15, -0.1) is 5.10 Å². The van der Waals surface area contributed by atoms with Crippen LogP contribution < -0.4 is 0 Å². The second-order valence-corrected chi connectivity index (χ2v) is 7.10. The predicted octanol–water partition coefficient (Wildman–Crippen LogP) is 2.47. The molecule has 4 heterocycles. The second kappa shape index (κ2) is 6.94. The molecule has 0 bridgehead atoms. The number of H-pyrrole nitrogens is 1. The van der Waals surface area contributed by atoms with Crippen LogP contribution in [-0.4, -0.2) is 65.0 Å². The molecule has 0 unspecified atom stereocenters. The van der Waals surface area contributed by atoms with Crippen molar-refractivity contribution in [1.29, 1.82) is 0 Å². The van der Waals surface area contributed by atoms with Gasteiger partial charge in [-0.1, -0.05) is 5.21 Å². The van der Waals surface area contributed by atoms with Gasteiger partial charge in [-0.05, 0) is 30.3 Å². The molecule has 1 aliphatic rings. The molecule has 4 aromatic rings. The molecular formula is C19H16F2N8O. The average Bonchev–Trinajstić information content (AvgIpc) is 3.43. The Kier molecular flexibility index (Phi) is 4.23. The highest BCUT2D eigenvalue weighted by Gasteiger charge is 2.35. The Labute approximate surface area is 168 Å². The summed E-state index contributed by atoms with van der Waals surface area (Å²) in [5.74, 6) is -2.38. The number of carbonyl (C=O) groups excluding carboxylic acids is 1. The van der Waals surface area contributed by atoms with Crippen molar-refractivity contribution in [2.24, 2.45) is 0 Å². The molecule has 1 amide bonds. The number of aromatic nitrogens is 7. The number of amides is 1. The topological polar surface area (TPSA) is 105 Å². The van der Waals surface area contributed by atoms with E-state index in [2.05, 4.69) is 30.5 Å². The van der Waals surface area contributed by atoms with Crippen molar-refractivity contribution in [3.8, 4) is 17.1 Å². The molecule has 1 fully saturated rings. The van der Waals surface area contributed by atoms with Crippen molar-refractivity contribution in [2.75, 3.05) is 13.1 Å². The summed E-state index contributed by atoms with van der Waals surface area (Å²) >= 11 is 0. The third-order valence-electron chi connectivity index (χ3n) is 5.12. The summed E-state index contributed by atoms with van der Waals surface area (Å²) < 4.78 is 28.2. The van der Waals surface area contributed by atoms with E-state index in [9.17, 15) is 13.6 Å². The molecule has 30 heavy (non-hydrogen) atoms. The first-order valence-corrected chi connectivity index (χ1v) is 9.35. The summed E-state index contributed by atoms with van der Waals surface area (Å²) in [5.41, 5.74) is 2.85. The number of carbonyl (C=O) groups is 1. The lowest BCUT2D eigenvalue weighted by Gasteiger charge is -2.31. The fourth-order valence-electron chi connectivity index (χ4n) is 3.43. The maximum Gasteiger partial charge on any atom is 0.255 e. The highest BCUT2D eigenvalue weighted by Crippen LogP contribution is 2.28. The van der Waals surface area contributed by atoms with Crippen LogP contribution in [0.4, 0.5) is 8.78 Å². The lowest BCUT2D eigenvalue weighted by Crippen LogP contribution is -2.42. The number of piperidine rings is 1. The zero-order valence-electron chi connectivity index (χ0n) is 15.7. The molecule has 5 rings (SSSR count). The average molecular weight is 410 g/mol. The van der Waals surface area contributed by atoms with Crippen molar-refractivity contribution >= 4 is 17.1 Å². The number of alkyl halides is 2. The third-order valence-corrected chi connectivity index (χ3v) is 5.12. The number of halogens is 2. The van der Waals surface area contributed by atoms with Gasteiger partial charge in [0.2, 0.25) is 0 Å². The van der Waals surface area contributed by atoms with Crippen LogP contribution >= 0.6 is 0 Å². The Bertz CT molecular complexity index is 1190. The number of fused-ring (bicyclic) bond motifs is 1. The molecule has 0 radical (unpaired) electrons. The molecule has 1 saturated heterocycles.